The van der Waals surface area contributed by atoms with Crippen LogP contribution < -0.4 is 4.90 Å². The van der Waals surface area contributed by atoms with Crippen LogP contribution in [0.4, 0.5) is 10.1 Å². The second-order valence-electron chi connectivity index (χ2n) is 10.3. The summed E-state index contributed by atoms with van der Waals surface area (Å²) in [4.78, 5) is 24.8. The maximum absolute atomic E-state index is 14.1. The van der Waals surface area contributed by atoms with Crippen molar-refractivity contribution in [1.82, 2.24) is 14.9 Å². The summed E-state index contributed by atoms with van der Waals surface area (Å²) in [6, 6.07) is 7.00. The molecular formula is C26H31FN4O2. The molecule has 7 heteroatoms. The molecule has 0 unspecified atom stereocenters. The Balaban J connectivity index is 1.42. The molecule has 2 aliphatic rings. The SMILES string of the molecule is CN1Cc2c(C3CCN(CC(=O)OC(C)(C)C)CC3)[nH]c3nccc(c23)-c2cc(F)ccc21. The molecule has 0 spiro atoms. The topological polar surface area (TPSA) is 61.5 Å². The van der Waals surface area contributed by atoms with Gasteiger partial charge >= 0.3 is 5.97 Å². The van der Waals surface area contributed by atoms with Crippen LogP contribution in [0.3, 0.4) is 0 Å². The normalized spacial score (nSPS) is 17.2. The third-order valence-corrected chi connectivity index (χ3v) is 6.65. The third kappa shape index (κ3) is 4.22. The zero-order chi connectivity index (χ0) is 23.3. The highest BCUT2D eigenvalue weighted by molar-refractivity contribution is 6.01. The number of nitrogens with one attached hydrogen (secondary N) is 1. The van der Waals surface area contributed by atoms with Crippen molar-refractivity contribution in [2.75, 3.05) is 31.6 Å². The number of H-pyrrole nitrogens is 1. The number of benzene rings is 1. The van der Waals surface area contributed by atoms with E-state index >= 15 is 0 Å². The van der Waals surface area contributed by atoms with Gasteiger partial charge in [0.25, 0.3) is 0 Å². The van der Waals surface area contributed by atoms with Crippen LogP contribution >= 0.6 is 0 Å². The smallest absolute Gasteiger partial charge is 0.320 e. The molecule has 2 aliphatic heterocycles. The maximum atomic E-state index is 14.1. The van der Waals surface area contributed by atoms with Crippen molar-refractivity contribution in [2.24, 2.45) is 0 Å². The van der Waals surface area contributed by atoms with Gasteiger partial charge in [0.05, 0.1) is 6.54 Å². The minimum atomic E-state index is -0.460. The molecule has 1 saturated heterocycles. The van der Waals surface area contributed by atoms with E-state index in [4.69, 9.17) is 4.74 Å². The largest absolute Gasteiger partial charge is 0.459 e. The van der Waals surface area contributed by atoms with Gasteiger partial charge in [0.15, 0.2) is 0 Å². The lowest BCUT2D eigenvalue weighted by molar-refractivity contribution is -0.156. The standard InChI is InChI=1S/C26H31FN4O2/c1-26(2,3)33-22(32)15-31-11-8-16(9-12-31)24-20-14-30(4)21-6-5-17(27)13-19(21)18-7-10-28-25(29-24)23(18)20/h5-7,10,13,16H,8-9,11-12,14-15H2,1-4H3,(H,28,29). The van der Waals surface area contributed by atoms with Crippen molar-refractivity contribution in [3.8, 4) is 11.1 Å². The Hall–Kier alpha value is -2.93. The van der Waals surface area contributed by atoms with Gasteiger partial charge in [-0.2, -0.15) is 0 Å². The van der Waals surface area contributed by atoms with E-state index in [2.05, 4.69) is 26.8 Å². The fourth-order valence-electron chi connectivity index (χ4n) is 5.25. The third-order valence-electron chi connectivity index (χ3n) is 6.65. The van der Waals surface area contributed by atoms with E-state index in [9.17, 15) is 9.18 Å². The van der Waals surface area contributed by atoms with E-state index in [1.807, 2.05) is 32.9 Å². The maximum Gasteiger partial charge on any atom is 0.320 e. The van der Waals surface area contributed by atoms with Gasteiger partial charge in [-0.05, 0) is 76.5 Å². The molecule has 3 aromatic rings. The van der Waals surface area contributed by atoms with E-state index in [-0.39, 0.29) is 11.8 Å². The van der Waals surface area contributed by atoms with Gasteiger partial charge in [0.1, 0.15) is 17.1 Å². The second-order valence-corrected chi connectivity index (χ2v) is 10.3. The molecule has 4 heterocycles. The first kappa shape index (κ1) is 21.9. The van der Waals surface area contributed by atoms with E-state index in [1.165, 1.54) is 17.3 Å². The van der Waals surface area contributed by atoms with Gasteiger partial charge < -0.3 is 14.6 Å². The van der Waals surface area contributed by atoms with Gasteiger partial charge in [-0.15, -0.1) is 0 Å². The first-order chi connectivity index (χ1) is 15.7. The van der Waals surface area contributed by atoms with Crippen LogP contribution in [0.1, 0.15) is 50.8 Å². The Morgan fingerprint density at radius 2 is 1.97 bits per heavy atom. The average molecular weight is 451 g/mol. The number of piperidine rings is 1. The summed E-state index contributed by atoms with van der Waals surface area (Å²) in [6.45, 7) is 8.46. The van der Waals surface area contributed by atoms with E-state index in [0.29, 0.717) is 12.5 Å². The molecule has 6 nitrogen and oxygen atoms in total. The zero-order valence-corrected chi connectivity index (χ0v) is 19.7. The molecular weight excluding hydrogens is 419 g/mol. The number of esters is 1. The summed E-state index contributed by atoms with van der Waals surface area (Å²) < 4.78 is 19.6. The van der Waals surface area contributed by atoms with Crippen LogP contribution in [0, 0.1) is 5.82 Å². The van der Waals surface area contributed by atoms with Crippen LogP contribution in [0.15, 0.2) is 30.5 Å². The second kappa shape index (κ2) is 8.13. The molecule has 0 radical (unpaired) electrons. The van der Waals surface area contributed by atoms with Crippen LogP contribution in [0.2, 0.25) is 0 Å². The fourth-order valence-corrected chi connectivity index (χ4v) is 5.25. The Kier molecular flexibility index (Phi) is 5.40. The number of carbonyl (C=O) groups is 1. The molecule has 1 aromatic carbocycles. The van der Waals surface area contributed by atoms with E-state index in [1.54, 1.807) is 12.3 Å². The summed E-state index contributed by atoms with van der Waals surface area (Å²) in [7, 11) is 2.06. The predicted octanol–water partition coefficient (Wildman–Crippen LogP) is 4.84. The van der Waals surface area contributed by atoms with Gasteiger partial charge in [-0.1, -0.05) is 0 Å². The van der Waals surface area contributed by atoms with Gasteiger partial charge in [-0.25, -0.2) is 9.37 Å². The molecule has 1 fully saturated rings. The monoisotopic (exact) mass is 450 g/mol. The molecule has 0 amide bonds. The summed E-state index contributed by atoms with van der Waals surface area (Å²) in [5, 5.41) is 1.10. The highest BCUT2D eigenvalue weighted by Gasteiger charge is 2.30. The molecule has 174 valence electrons. The quantitative estimate of drug-likeness (QED) is 0.579. The summed E-state index contributed by atoms with van der Waals surface area (Å²) in [6.07, 6.45) is 3.72. The lowest BCUT2D eigenvalue weighted by Crippen LogP contribution is -2.39. The molecule has 1 N–H and O–H groups in total. The number of pyridine rings is 1. The summed E-state index contributed by atoms with van der Waals surface area (Å²) >= 11 is 0. The van der Waals surface area contributed by atoms with Gasteiger partial charge in [0, 0.05) is 53.6 Å². The first-order valence-electron chi connectivity index (χ1n) is 11.6. The number of nitrogens with zero attached hydrogens (tertiary/aromatic N) is 3. The number of likely N-dealkylation sites (tertiary alicyclic amines) is 1. The molecule has 33 heavy (non-hydrogen) atoms. The van der Waals surface area contributed by atoms with Gasteiger partial charge in [-0.3, -0.25) is 9.69 Å². The Morgan fingerprint density at radius 3 is 2.70 bits per heavy atom. The molecule has 0 aliphatic carbocycles. The first-order valence-corrected chi connectivity index (χ1v) is 11.6. The minimum absolute atomic E-state index is 0.168. The summed E-state index contributed by atoms with van der Waals surface area (Å²) in [5.41, 5.74) is 5.83. The van der Waals surface area contributed by atoms with Crippen molar-refractivity contribution in [2.45, 2.75) is 51.7 Å². The van der Waals surface area contributed by atoms with Crippen LogP contribution in [-0.4, -0.2) is 53.1 Å². The number of aromatic amines is 1. The number of hydrogen-bond donors (Lipinski definition) is 1. The van der Waals surface area contributed by atoms with E-state index < -0.39 is 5.60 Å². The Bertz CT molecular complexity index is 1200. The van der Waals surface area contributed by atoms with Crippen LogP contribution in [-0.2, 0) is 16.1 Å². The average Bonchev–Trinajstić information content (AvgIpc) is 3.05. The highest BCUT2D eigenvalue weighted by Crippen LogP contribution is 2.44. The molecule has 0 bridgehead atoms. The number of ether oxygens (including phenoxy) is 1. The number of rotatable bonds is 3. The van der Waals surface area contributed by atoms with Crippen molar-refractivity contribution in [1.29, 1.82) is 0 Å². The Morgan fingerprint density at radius 1 is 1.21 bits per heavy atom. The van der Waals surface area contributed by atoms with Gasteiger partial charge in [0.2, 0.25) is 0 Å². The lowest BCUT2D eigenvalue weighted by atomic mass is 9.90. The highest BCUT2D eigenvalue weighted by atomic mass is 19.1. The van der Waals surface area contributed by atoms with Crippen LogP contribution in [0.25, 0.3) is 22.2 Å². The number of carbonyl (C=O) groups excluding carboxylic acids is 1. The molecule has 2 aromatic heterocycles. The zero-order valence-electron chi connectivity index (χ0n) is 19.7. The number of aromatic nitrogens is 2. The minimum Gasteiger partial charge on any atom is -0.459 e. The van der Waals surface area contributed by atoms with Crippen molar-refractivity contribution >= 4 is 22.7 Å². The molecule has 0 saturated carbocycles. The number of halogens is 1. The van der Waals surface area contributed by atoms with Crippen LogP contribution in [0.5, 0.6) is 0 Å². The lowest BCUT2D eigenvalue weighted by Gasteiger charge is -2.32. The Labute approximate surface area is 193 Å². The number of hydrogen-bond acceptors (Lipinski definition) is 5. The van der Waals surface area contributed by atoms with Crippen molar-refractivity contribution in [3.63, 3.8) is 0 Å². The number of anilines is 1. The summed E-state index contributed by atoms with van der Waals surface area (Å²) in [5.74, 6) is -0.0365. The van der Waals surface area contributed by atoms with E-state index in [0.717, 1.165) is 60.3 Å². The predicted molar refractivity (Wildman–Crippen MR) is 128 cm³/mol. The van der Waals surface area contributed by atoms with Crippen molar-refractivity contribution < 1.29 is 13.9 Å². The number of fused-ring (bicyclic) bond motifs is 2. The van der Waals surface area contributed by atoms with Crippen molar-refractivity contribution in [3.05, 3.63) is 47.5 Å². The fraction of sp³-hybridized carbons (Fsp3) is 0.462. The molecule has 5 rings (SSSR count). The molecule has 0 atom stereocenters.